The van der Waals surface area contributed by atoms with E-state index in [9.17, 15) is 14.7 Å². The molecule has 2 amide bonds. The Hall–Kier alpha value is -3.55. The highest BCUT2D eigenvalue weighted by molar-refractivity contribution is 6.36. The van der Waals surface area contributed by atoms with Crippen LogP contribution in [0.4, 0.5) is 0 Å². The van der Waals surface area contributed by atoms with Gasteiger partial charge in [-0.2, -0.15) is 0 Å². The summed E-state index contributed by atoms with van der Waals surface area (Å²) in [5, 5.41) is 15.1. The fourth-order valence-corrected chi connectivity index (χ4v) is 6.51. The van der Waals surface area contributed by atoms with Gasteiger partial charge in [0.1, 0.15) is 0 Å². The van der Waals surface area contributed by atoms with Crippen molar-refractivity contribution in [2.75, 3.05) is 20.2 Å². The summed E-state index contributed by atoms with van der Waals surface area (Å²) in [4.78, 5) is 28.4. The normalized spacial score (nSPS) is 15.9. The van der Waals surface area contributed by atoms with Crippen LogP contribution in [0.25, 0.3) is 32.9 Å². The standard InChI is InChI=1S/C31H32ClN3O4/c1-34(18-9-4-3-5-10-18)13-8-14-39-26-17-23-21(16-25(26)36)27-24(35(23)2)15-20(19-11-6-7-12-22(19)32)28-29(27)31(38)33-30(28)37/h6-7,11-12,15-18,36H,3-5,8-10,13-14H2,1-2H3,(H,33,37,38). The Bertz CT molecular complexity index is 1620. The van der Waals surface area contributed by atoms with Gasteiger partial charge < -0.3 is 19.3 Å². The van der Waals surface area contributed by atoms with Crippen LogP contribution in [-0.2, 0) is 7.05 Å². The summed E-state index contributed by atoms with van der Waals surface area (Å²) in [7, 11) is 4.09. The summed E-state index contributed by atoms with van der Waals surface area (Å²) in [6, 6.07) is 13.3. The van der Waals surface area contributed by atoms with Crippen molar-refractivity contribution in [2.24, 2.45) is 7.05 Å². The Labute approximate surface area is 232 Å². The Morgan fingerprint density at radius 1 is 1.03 bits per heavy atom. The molecule has 7 nitrogen and oxygen atoms in total. The van der Waals surface area contributed by atoms with Crippen LogP contribution < -0.4 is 10.1 Å². The van der Waals surface area contributed by atoms with Gasteiger partial charge in [0.25, 0.3) is 11.8 Å². The van der Waals surface area contributed by atoms with Gasteiger partial charge in [0.2, 0.25) is 0 Å². The Morgan fingerprint density at radius 3 is 2.54 bits per heavy atom. The van der Waals surface area contributed by atoms with Crippen LogP contribution in [0.2, 0.25) is 5.02 Å². The molecule has 0 saturated heterocycles. The van der Waals surface area contributed by atoms with Crippen molar-refractivity contribution in [1.82, 2.24) is 14.8 Å². The van der Waals surface area contributed by atoms with E-state index < -0.39 is 11.8 Å². The first kappa shape index (κ1) is 25.7. The van der Waals surface area contributed by atoms with Gasteiger partial charge >= 0.3 is 0 Å². The van der Waals surface area contributed by atoms with Gasteiger partial charge in [0, 0.05) is 47.1 Å². The molecule has 3 aromatic carbocycles. The largest absolute Gasteiger partial charge is 0.504 e. The molecule has 4 aromatic rings. The highest BCUT2D eigenvalue weighted by Crippen LogP contribution is 2.44. The highest BCUT2D eigenvalue weighted by atomic mass is 35.5. The topological polar surface area (TPSA) is 83.8 Å². The number of phenolic OH excluding ortho intramolecular Hbond substituents is 1. The van der Waals surface area contributed by atoms with E-state index in [0.717, 1.165) is 24.0 Å². The monoisotopic (exact) mass is 545 g/mol. The summed E-state index contributed by atoms with van der Waals surface area (Å²) in [6.45, 7) is 1.44. The number of benzene rings is 3. The Kier molecular flexibility index (Phi) is 6.73. The second-order valence-corrected chi connectivity index (χ2v) is 11.1. The first-order valence-electron chi connectivity index (χ1n) is 13.6. The number of ether oxygens (including phenoxy) is 1. The van der Waals surface area contributed by atoms with Crippen molar-refractivity contribution in [1.29, 1.82) is 0 Å². The lowest BCUT2D eigenvalue weighted by Crippen LogP contribution is -2.34. The molecule has 1 aromatic heterocycles. The molecule has 6 rings (SSSR count). The van der Waals surface area contributed by atoms with Crippen LogP contribution in [0, 0.1) is 0 Å². The lowest BCUT2D eigenvalue weighted by Gasteiger charge is -2.31. The van der Waals surface area contributed by atoms with E-state index in [1.165, 1.54) is 32.1 Å². The molecule has 2 aliphatic rings. The molecule has 0 radical (unpaired) electrons. The molecule has 1 aliphatic heterocycles. The van der Waals surface area contributed by atoms with Gasteiger partial charge in [-0.05, 0) is 50.1 Å². The SMILES string of the molecule is CN(CCCOc1cc2c(cc1O)c1c3c(c(-c4ccccc4Cl)cc1n2C)C(=O)NC3=O)C1CCCCC1. The number of nitrogens with zero attached hydrogens (tertiary/aromatic N) is 2. The number of nitrogens with one attached hydrogen (secondary N) is 1. The molecule has 0 unspecified atom stereocenters. The number of phenols is 1. The minimum Gasteiger partial charge on any atom is -0.504 e. The van der Waals surface area contributed by atoms with Crippen LogP contribution in [0.5, 0.6) is 11.5 Å². The van der Waals surface area contributed by atoms with Crippen LogP contribution >= 0.6 is 11.6 Å². The molecule has 0 spiro atoms. The van der Waals surface area contributed by atoms with Crippen LogP contribution in [0.15, 0.2) is 42.5 Å². The highest BCUT2D eigenvalue weighted by Gasteiger charge is 2.35. The molecular weight excluding hydrogens is 514 g/mol. The zero-order valence-corrected chi connectivity index (χ0v) is 23.0. The maximum Gasteiger partial charge on any atom is 0.259 e. The van der Waals surface area contributed by atoms with Gasteiger partial charge in [0.15, 0.2) is 11.5 Å². The first-order valence-corrected chi connectivity index (χ1v) is 14.0. The number of aromatic nitrogens is 1. The molecule has 1 aliphatic carbocycles. The molecule has 2 heterocycles. The number of halogens is 1. The van der Waals surface area contributed by atoms with Crippen molar-refractivity contribution in [3.63, 3.8) is 0 Å². The number of carbonyl (C=O) groups is 2. The molecule has 0 atom stereocenters. The average Bonchev–Trinajstić information content (AvgIpc) is 3.38. The van der Waals surface area contributed by atoms with Crippen LogP contribution in [-0.4, -0.2) is 52.6 Å². The number of carbonyl (C=O) groups excluding carboxylic acids is 2. The lowest BCUT2D eigenvalue weighted by molar-refractivity contribution is 0.0880. The number of aryl methyl sites for hydroxylation is 1. The predicted octanol–water partition coefficient (Wildman–Crippen LogP) is 6.27. The molecule has 1 fully saturated rings. The van der Waals surface area contributed by atoms with E-state index in [1.807, 2.05) is 41.9 Å². The van der Waals surface area contributed by atoms with E-state index in [-0.39, 0.29) is 5.75 Å². The summed E-state index contributed by atoms with van der Waals surface area (Å²) in [5.74, 6) is -0.504. The number of hydrogen-bond donors (Lipinski definition) is 2. The molecule has 39 heavy (non-hydrogen) atoms. The Morgan fingerprint density at radius 2 is 1.77 bits per heavy atom. The van der Waals surface area contributed by atoms with Gasteiger partial charge in [-0.25, -0.2) is 0 Å². The maximum atomic E-state index is 13.0. The average molecular weight is 546 g/mol. The zero-order chi connectivity index (χ0) is 27.3. The maximum absolute atomic E-state index is 13.0. The van der Waals surface area contributed by atoms with E-state index >= 15 is 0 Å². The molecule has 0 bridgehead atoms. The molecule has 8 heteroatoms. The minimum atomic E-state index is -0.455. The van der Waals surface area contributed by atoms with Crippen LogP contribution in [0.1, 0.15) is 59.2 Å². The zero-order valence-electron chi connectivity index (χ0n) is 22.2. The molecule has 202 valence electrons. The van der Waals surface area contributed by atoms with E-state index in [0.29, 0.717) is 56.4 Å². The van der Waals surface area contributed by atoms with Gasteiger partial charge in [-0.3, -0.25) is 14.9 Å². The number of amides is 2. The van der Waals surface area contributed by atoms with Gasteiger partial charge in [-0.15, -0.1) is 0 Å². The van der Waals surface area contributed by atoms with E-state index in [1.54, 1.807) is 12.1 Å². The third-order valence-corrected chi connectivity index (χ3v) is 8.66. The number of hydrogen-bond acceptors (Lipinski definition) is 5. The Balaban J connectivity index is 1.36. The fourth-order valence-electron chi connectivity index (χ4n) is 6.27. The number of imide groups is 1. The second-order valence-electron chi connectivity index (χ2n) is 10.7. The molecule has 2 N–H and O–H groups in total. The van der Waals surface area contributed by atoms with Crippen LogP contribution in [0.3, 0.4) is 0 Å². The van der Waals surface area contributed by atoms with Gasteiger partial charge in [-0.1, -0.05) is 49.1 Å². The molecule has 1 saturated carbocycles. The third kappa shape index (κ3) is 4.43. The summed E-state index contributed by atoms with van der Waals surface area (Å²) < 4.78 is 8.00. The number of fused-ring (bicyclic) bond motifs is 5. The summed E-state index contributed by atoms with van der Waals surface area (Å²) >= 11 is 6.50. The molecular formula is C31H32ClN3O4. The number of rotatable bonds is 7. The van der Waals surface area contributed by atoms with Crippen molar-refractivity contribution >= 4 is 45.2 Å². The van der Waals surface area contributed by atoms with Crippen molar-refractivity contribution in [3.8, 4) is 22.6 Å². The first-order chi connectivity index (χ1) is 18.8. The lowest BCUT2D eigenvalue weighted by atomic mass is 9.93. The van der Waals surface area contributed by atoms with E-state index in [2.05, 4.69) is 17.3 Å². The quantitative estimate of drug-likeness (QED) is 0.211. The number of aromatic hydroxyl groups is 1. The summed E-state index contributed by atoms with van der Waals surface area (Å²) in [5.41, 5.74) is 3.43. The van der Waals surface area contributed by atoms with Gasteiger partial charge in [0.05, 0.1) is 28.8 Å². The van der Waals surface area contributed by atoms with Crippen molar-refractivity contribution < 1.29 is 19.4 Å². The van der Waals surface area contributed by atoms with E-state index in [4.69, 9.17) is 16.3 Å². The predicted molar refractivity (Wildman–Crippen MR) is 154 cm³/mol. The third-order valence-electron chi connectivity index (χ3n) is 8.33. The van der Waals surface area contributed by atoms with Crippen molar-refractivity contribution in [2.45, 2.75) is 44.6 Å². The second kappa shape index (κ2) is 10.2. The van der Waals surface area contributed by atoms with Crippen molar-refractivity contribution in [3.05, 3.63) is 58.6 Å². The fraction of sp³-hybridized carbons (Fsp3) is 0.355. The summed E-state index contributed by atoms with van der Waals surface area (Å²) in [6.07, 6.45) is 7.35. The minimum absolute atomic E-state index is 0.00398. The smallest absolute Gasteiger partial charge is 0.259 e.